The zero-order chi connectivity index (χ0) is 11.4. The fourth-order valence-electron chi connectivity index (χ4n) is 1.81. The molecule has 1 unspecified atom stereocenters. The van der Waals surface area contributed by atoms with E-state index in [-0.39, 0.29) is 5.91 Å². The van der Waals surface area contributed by atoms with Crippen LogP contribution in [0.2, 0.25) is 0 Å². The summed E-state index contributed by atoms with van der Waals surface area (Å²) in [5, 5.41) is 3.31. The SMILES string of the molecule is CC(C)N1CCC(NCC(=O)N(C)C)C1. The van der Waals surface area contributed by atoms with Crippen molar-refractivity contribution < 1.29 is 4.79 Å². The van der Waals surface area contributed by atoms with Crippen molar-refractivity contribution in [2.75, 3.05) is 33.7 Å². The highest BCUT2D eigenvalue weighted by Gasteiger charge is 2.24. The second-order valence-electron chi connectivity index (χ2n) is 4.74. The van der Waals surface area contributed by atoms with Gasteiger partial charge in [-0.25, -0.2) is 0 Å². The van der Waals surface area contributed by atoms with Crippen molar-refractivity contribution in [2.45, 2.75) is 32.4 Å². The van der Waals surface area contributed by atoms with E-state index in [1.54, 1.807) is 19.0 Å². The molecule has 15 heavy (non-hydrogen) atoms. The van der Waals surface area contributed by atoms with Crippen LogP contribution in [0.25, 0.3) is 0 Å². The molecule has 88 valence electrons. The van der Waals surface area contributed by atoms with E-state index in [1.165, 1.54) is 0 Å². The first-order valence-corrected chi connectivity index (χ1v) is 5.68. The second-order valence-corrected chi connectivity index (χ2v) is 4.74. The molecule has 0 aromatic heterocycles. The Balaban J connectivity index is 2.22. The van der Waals surface area contributed by atoms with Crippen molar-refractivity contribution in [1.29, 1.82) is 0 Å². The fraction of sp³-hybridized carbons (Fsp3) is 0.909. The third-order valence-electron chi connectivity index (χ3n) is 2.99. The van der Waals surface area contributed by atoms with E-state index in [4.69, 9.17) is 0 Å². The minimum atomic E-state index is 0.151. The first-order chi connectivity index (χ1) is 7.00. The number of hydrogen-bond acceptors (Lipinski definition) is 3. The second kappa shape index (κ2) is 5.47. The van der Waals surface area contributed by atoms with E-state index >= 15 is 0 Å². The van der Waals surface area contributed by atoms with E-state index in [2.05, 4.69) is 24.1 Å². The van der Waals surface area contributed by atoms with Crippen LogP contribution in [-0.2, 0) is 4.79 Å². The highest BCUT2D eigenvalue weighted by atomic mass is 16.2. The van der Waals surface area contributed by atoms with Crippen LogP contribution in [0.4, 0.5) is 0 Å². The molecule has 4 nitrogen and oxygen atoms in total. The molecule has 1 aliphatic heterocycles. The Hall–Kier alpha value is -0.610. The third-order valence-corrected chi connectivity index (χ3v) is 2.99. The fourth-order valence-corrected chi connectivity index (χ4v) is 1.81. The zero-order valence-electron chi connectivity index (χ0n) is 10.3. The van der Waals surface area contributed by atoms with E-state index < -0.39 is 0 Å². The topological polar surface area (TPSA) is 35.6 Å². The number of carbonyl (C=O) groups is 1. The minimum absolute atomic E-state index is 0.151. The van der Waals surface area contributed by atoms with Gasteiger partial charge < -0.3 is 10.2 Å². The summed E-state index contributed by atoms with van der Waals surface area (Å²) in [6.45, 7) is 7.11. The maximum absolute atomic E-state index is 11.4. The molecule has 4 heteroatoms. The van der Waals surface area contributed by atoms with Gasteiger partial charge in [0.15, 0.2) is 0 Å². The smallest absolute Gasteiger partial charge is 0.236 e. The molecule has 0 aromatic rings. The zero-order valence-corrected chi connectivity index (χ0v) is 10.3. The number of hydrogen-bond donors (Lipinski definition) is 1. The first-order valence-electron chi connectivity index (χ1n) is 5.68. The number of likely N-dealkylation sites (tertiary alicyclic amines) is 1. The van der Waals surface area contributed by atoms with Crippen LogP contribution in [-0.4, -0.2) is 61.5 Å². The Bertz CT molecular complexity index is 216. The van der Waals surface area contributed by atoms with Gasteiger partial charge >= 0.3 is 0 Å². The predicted octanol–water partition coefficient (Wildman–Crippen LogP) is 0.147. The van der Waals surface area contributed by atoms with Crippen LogP contribution in [0.5, 0.6) is 0 Å². The van der Waals surface area contributed by atoms with E-state index in [1.807, 2.05) is 0 Å². The van der Waals surface area contributed by atoms with Crippen molar-refractivity contribution in [2.24, 2.45) is 0 Å². The average Bonchev–Trinajstić information content (AvgIpc) is 2.62. The van der Waals surface area contributed by atoms with Crippen LogP contribution in [0, 0.1) is 0 Å². The molecule has 1 saturated heterocycles. The summed E-state index contributed by atoms with van der Waals surface area (Å²) in [6.07, 6.45) is 1.15. The van der Waals surface area contributed by atoms with Crippen LogP contribution >= 0.6 is 0 Å². The first kappa shape index (κ1) is 12.5. The normalized spacial score (nSPS) is 22.3. The van der Waals surface area contributed by atoms with Crippen LogP contribution in [0.15, 0.2) is 0 Å². The van der Waals surface area contributed by atoms with Gasteiger partial charge in [-0.2, -0.15) is 0 Å². The Morgan fingerprint density at radius 1 is 1.53 bits per heavy atom. The van der Waals surface area contributed by atoms with Crippen LogP contribution in [0.3, 0.4) is 0 Å². The number of likely N-dealkylation sites (N-methyl/N-ethyl adjacent to an activating group) is 1. The van der Waals surface area contributed by atoms with Gasteiger partial charge in [-0.1, -0.05) is 0 Å². The molecule has 1 fully saturated rings. The van der Waals surface area contributed by atoms with E-state index in [9.17, 15) is 4.79 Å². The summed E-state index contributed by atoms with van der Waals surface area (Å²) in [5.74, 6) is 0.151. The third kappa shape index (κ3) is 3.80. The molecular weight excluding hydrogens is 190 g/mol. The molecule has 1 amide bonds. The number of rotatable bonds is 4. The van der Waals surface area contributed by atoms with Gasteiger partial charge in [0.1, 0.15) is 0 Å². The number of nitrogens with one attached hydrogen (secondary N) is 1. The molecule has 1 heterocycles. The van der Waals surface area contributed by atoms with Gasteiger partial charge in [0.2, 0.25) is 5.91 Å². The Morgan fingerprint density at radius 2 is 2.20 bits per heavy atom. The summed E-state index contributed by atoms with van der Waals surface area (Å²) in [5.41, 5.74) is 0. The van der Waals surface area contributed by atoms with Crippen molar-refractivity contribution >= 4 is 5.91 Å². The minimum Gasteiger partial charge on any atom is -0.348 e. The molecule has 0 aliphatic carbocycles. The van der Waals surface area contributed by atoms with E-state index in [0.717, 1.165) is 19.5 Å². The highest BCUT2D eigenvalue weighted by molar-refractivity contribution is 5.77. The van der Waals surface area contributed by atoms with Gasteiger partial charge in [0.25, 0.3) is 0 Å². The molecular formula is C11H23N3O. The molecule has 1 N–H and O–H groups in total. The van der Waals surface area contributed by atoms with Gasteiger partial charge in [-0.05, 0) is 26.8 Å². The van der Waals surface area contributed by atoms with Crippen molar-refractivity contribution in [3.8, 4) is 0 Å². The van der Waals surface area contributed by atoms with Crippen molar-refractivity contribution in [1.82, 2.24) is 15.1 Å². The predicted molar refractivity (Wildman–Crippen MR) is 61.8 cm³/mol. The maximum Gasteiger partial charge on any atom is 0.236 e. The molecule has 0 radical (unpaired) electrons. The van der Waals surface area contributed by atoms with Gasteiger partial charge in [-0.15, -0.1) is 0 Å². The quantitative estimate of drug-likeness (QED) is 0.722. The molecule has 0 saturated carbocycles. The summed E-state index contributed by atoms with van der Waals surface area (Å²) < 4.78 is 0. The monoisotopic (exact) mass is 213 g/mol. The van der Waals surface area contributed by atoms with Crippen LogP contribution < -0.4 is 5.32 Å². The molecule has 1 rings (SSSR count). The molecule has 1 atom stereocenters. The lowest BCUT2D eigenvalue weighted by atomic mass is 10.2. The summed E-state index contributed by atoms with van der Waals surface area (Å²) in [6, 6.07) is 1.10. The number of nitrogens with zero attached hydrogens (tertiary/aromatic N) is 2. The summed E-state index contributed by atoms with van der Waals surface area (Å²) >= 11 is 0. The Labute approximate surface area is 92.6 Å². The van der Waals surface area contributed by atoms with Gasteiger partial charge in [-0.3, -0.25) is 9.69 Å². The highest BCUT2D eigenvalue weighted by Crippen LogP contribution is 2.11. The lowest BCUT2D eigenvalue weighted by Crippen LogP contribution is -2.40. The van der Waals surface area contributed by atoms with Crippen molar-refractivity contribution in [3.63, 3.8) is 0 Å². The van der Waals surface area contributed by atoms with E-state index in [0.29, 0.717) is 18.6 Å². The average molecular weight is 213 g/mol. The van der Waals surface area contributed by atoms with Crippen LogP contribution in [0.1, 0.15) is 20.3 Å². The number of amides is 1. The lowest BCUT2D eigenvalue weighted by molar-refractivity contribution is -0.127. The van der Waals surface area contributed by atoms with Gasteiger partial charge in [0, 0.05) is 32.7 Å². The van der Waals surface area contributed by atoms with Crippen molar-refractivity contribution in [3.05, 3.63) is 0 Å². The summed E-state index contributed by atoms with van der Waals surface area (Å²) in [4.78, 5) is 15.4. The van der Waals surface area contributed by atoms with Gasteiger partial charge in [0.05, 0.1) is 6.54 Å². The standard InChI is InChI=1S/C11H23N3O/c1-9(2)14-6-5-10(8-14)12-7-11(15)13(3)4/h9-10,12H,5-8H2,1-4H3. The molecule has 0 spiro atoms. The Morgan fingerprint density at radius 3 is 2.67 bits per heavy atom. The number of carbonyl (C=O) groups excluding carboxylic acids is 1. The Kier molecular flexibility index (Phi) is 4.54. The largest absolute Gasteiger partial charge is 0.348 e. The lowest BCUT2D eigenvalue weighted by Gasteiger charge is -2.20. The molecule has 0 bridgehead atoms. The molecule has 1 aliphatic rings. The molecule has 0 aromatic carbocycles. The summed E-state index contributed by atoms with van der Waals surface area (Å²) in [7, 11) is 3.58. The maximum atomic E-state index is 11.4.